The number of hydrogen-bond acceptors (Lipinski definition) is 2. The molecule has 0 aromatic carbocycles. The average Bonchev–Trinajstić information content (AvgIpc) is 2.60. The van der Waals surface area contributed by atoms with Gasteiger partial charge in [0.05, 0.1) is 12.2 Å². The van der Waals surface area contributed by atoms with E-state index in [0.29, 0.717) is 5.41 Å². The van der Waals surface area contributed by atoms with Crippen LogP contribution in [0.3, 0.4) is 0 Å². The van der Waals surface area contributed by atoms with Gasteiger partial charge in [0.1, 0.15) is 0 Å². The molecule has 2 aliphatic carbocycles. The zero-order valence-electron chi connectivity index (χ0n) is 11.2. The number of aliphatic hydroxyl groups is 1. The van der Waals surface area contributed by atoms with Crippen molar-refractivity contribution in [3.63, 3.8) is 0 Å². The Labute approximate surface area is 104 Å². The maximum atomic E-state index is 10.1. The van der Waals surface area contributed by atoms with Crippen LogP contribution in [0.15, 0.2) is 11.8 Å². The van der Waals surface area contributed by atoms with Crippen molar-refractivity contribution in [1.29, 1.82) is 0 Å². The van der Waals surface area contributed by atoms with Gasteiger partial charge in [-0.2, -0.15) is 0 Å². The molecule has 17 heavy (non-hydrogen) atoms. The zero-order valence-corrected chi connectivity index (χ0v) is 11.2. The Kier molecular flexibility index (Phi) is 2.39. The molecule has 0 aromatic rings. The second-order valence-corrected chi connectivity index (χ2v) is 7.14. The van der Waals surface area contributed by atoms with Gasteiger partial charge < -0.3 is 9.84 Å². The highest BCUT2D eigenvalue weighted by Crippen LogP contribution is 2.62. The molecule has 1 heterocycles. The normalized spacial score (nSPS) is 47.8. The summed E-state index contributed by atoms with van der Waals surface area (Å²) < 4.78 is 5.38. The van der Waals surface area contributed by atoms with Crippen LogP contribution < -0.4 is 0 Å². The fourth-order valence-electron chi connectivity index (χ4n) is 5.03. The molecule has 2 nitrogen and oxygen atoms in total. The van der Waals surface area contributed by atoms with Crippen LogP contribution in [0.4, 0.5) is 0 Å². The Morgan fingerprint density at radius 3 is 2.82 bits per heavy atom. The summed E-state index contributed by atoms with van der Waals surface area (Å²) in [5.41, 5.74) is 2.01. The quantitative estimate of drug-likeness (QED) is 0.698. The first-order chi connectivity index (χ1) is 7.95. The number of fused-ring (bicyclic) bond motifs is 3. The van der Waals surface area contributed by atoms with Gasteiger partial charge in [-0.05, 0) is 48.0 Å². The lowest BCUT2D eigenvalue weighted by molar-refractivity contribution is -0.142. The Morgan fingerprint density at radius 2 is 2.06 bits per heavy atom. The first-order valence-electron chi connectivity index (χ1n) is 6.98. The molecule has 2 fully saturated rings. The third-order valence-electron chi connectivity index (χ3n) is 5.75. The van der Waals surface area contributed by atoms with Gasteiger partial charge in [-0.3, -0.25) is 0 Å². The molecule has 2 saturated carbocycles. The van der Waals surface area contributed by atoms with Gasteiger partial charge in [-0.1, -0.05) is 27.2 Å². The van der Waals surface area contributed by atoms with Crippen LogP contribution in [0.5, 0.6) is 0 Å². The van der Waals surface area contributed by atoms with E-state index in [9.17, 15) is 5.11 Å². The Balaban J connectivity index is 1.99. The highest BCUT2D eigenvalue weighted by molar-refractivity contribution is 5.20. The van der Waals surface area contributed by atoms with E-state index in [1.165, 1.54) is 31.3 Å². The first kappa shape index (κ1) is 11.6. The second-order valence-electron chi connectivity index (χ2n) is 7.14. The summed E-state index contributed by atoms with van der Waals surface area (Å²) in [6.45, 7) is 7.20. The minimum atomic E-state index is -0.591. The van der Waals surface area contributed by atoms with Crippen molar-refractivity contribution in [3.8, 4) is 0 Å². The standard InChI is InChI=1S/C15H24O2/c1-14(2)7-4-8-15(3)11(14)6-5-10-9-17-13(16)12(10)15/h9,11-13,16H,4-8H2,1-3H3/t11?,12?,13-,15-/m0/s1. The number of hydrogen-bond donors (Lipinski definition) is 1. The van der Waals surface area contributed by atoms with Gasteiger partial charge in [0.15, 0.2) is 0 Å². The molecular formula is C15H24O2. The van der Waals surface area contributed by atoms with E-state index < -0.39 is 6.29 Å². The summed E-state index contributed by atoms with van der Waals surface area (Å²) in [6.07, 6.45) is 7.48. The lowest BCUT2D eigenvalue weighted by Crippen LogP contribution is -2.51. The number of aliphatic hydroxyl groups excluding tert-OH is 1. The second kappa shape index (κ2) is 3.50. The predicted molar refractivity (Wildman–Crippen MR) is 67.1 cm³/mol. The van der Waals surface area contributed by atoms with Gasteiger partial charge in [0.25, 0.3) is 0 Å². The van der Waals surface area contributed by atoms with E-state index in [4.69, 9.17) is 4.74 Å². The fraction of sp³-hybridized carbons (Fsp3) is 0.867. The van der Waals surface area contributed by atoms with Crippen LogP contribution in [-0.4, -0.2) is 11.4 Å². The third kappa shape index (κ3) is 1.49. The predicted octanol–water partition coefficient (Wildman–Crippen LogP) is 3.46. The van der Waals surface area contributed by atoms with Crippen molar-refractivity contribution >= 4 is 0 Å². The average molecular weight is 236 g/mol. The molecule has 96 valence electrons. The Bertz CT molecular complexity index is 358. The van der Waals surface area contributed by atoms with Crippen molar-refractivity contribution in [2.45, 2.75) is 59.2 Å². The zero-order chi connectivity index (χ0) is 12.3. The highest BCUT2D eigenvalue weighted by atomic mass is 16.6. The molecule has 0 aromatic heterocycles. The summed E-state index contributed by atoms with van der Waals surface area (Å²) in [6, 6.07) is 0. The molecule has 3 aliphatic rings. The van der Waals surface area contributed by atoms with E-state index >= 15 is 0 Å². The molecule has 4 atom stereocenters. The molecule has 0 saturated heterocycles. The van der Waals surface area contributed by atoms with Crippen molar-refractivity contribution < 1.29 is 9.84 Å². The minimum absolute atomic E-state index is 0.238. The number of ether oxygens (including phenoxy) is 1. The molecular weight excluding hydrogens is 212 g/mol. The van der Waals surface area contributed by atoms with Crippen LogP contribution in [-0.2, 0) is 4.74 Å². The molecule has 2 unspecified atom stereocenters. The number of rotatable bonds is 0. The van der Waals surface area contributed by atoms with Crippen LogP contribution >= 0.6 is 0 Å². The maximum absolute atomic E-state index is 10.1. The summed E-state index contributed by atoms with van der Waals surface area (Å²) in [4.78, 5) is 0. The van der Waals surface area contributed by atoms with Crippen molar-refractivity contribution in [3.05, 3.63) is 11.8 Å². The minimum Gasteiger partial charge on any atom is -0.472 e. The molecule has 0 amide bonds. The summed E-state index contributed by atoms with van der Waals surface area (Å²) in [5, 5.41) is 10.1. The molecule has 2 heteroatoms. The molecule has 0 spiro atoms. The lowest BCUT2D eigenvalue weighted by atomic mass is 9.48. The fourth-order valence-corrected chi connectivity index (χ4v) is 5.03. The van der Waals surface area contributed by atoms with E-state index in [1.807, 2.05) is 6.26 Å². The van der Waals surface area contributed by atoms with Gasteiger partial charge in [-0.15, -0.1) is 0 Å². The van der Waals surface area contributed by atoms with Gasteiger partial charge in [0, 0.05) is 0 Å². The van der Waals surface area contributed by atoms with Crippen LogP contribution in [0.1, 0.15) is 52.9 Å². The van der Waals surface area contributed by atoms with Crippen LogP contribution in [0.25, 0.3) is 0 Å². The monoisotopic (exact) mass is 236 g/mol. The SMILES string of the molecule is CC1(C)CCC[C@]2(C)C3C(=CO[C@@H]3O)CCC12. The molecule has 0 radical (unpaired) electrons. The third-order valence-corrected chi connectivity index (χ3v) is 5.75. The Hall–Kier alpha value is -0.500. The van der Waals surface area contributed by atoms with Crippen molar-refractivity contribution in [2.24, 2.45) is 22.7 Å². The van der Waals surface area contributed by atoms with Crippen molar-refractivity contribution in [1.82, 2.24) is 0 Å². The van der Waals surface area contributed by atoms with E-state index in [0.717, 1.165) is 12.3 Å². The topological polar surface area (TPSA) is 29.5 Å². The smallest absolute Gasteiger partial charge is 0.203 e. The van der Waals surface area contributed by atoms with Gasteiger partial charge >= 0.3 is 0 Å². The maximum Gasteiger partial charge on any atom is 0.203 e. The molecule has 3 rings (SSSR count). The lowest BCUT2D eigenvalue weighted by Gasteiger charge is -2.57. The van der Waals surface area contributed by atoms with E-state index in [1.54, 1.807) is 0 Å². The van der Waals surface area contributed by atoms with Gasteiger partial charge in [-0.25, -0.2) is 0 Å². The molecule has 1 N–H and O–H groups in total. The summed E-state index contributed by atoms with van der Waals surface area (Å²) >= 11 is 0. The molecule has 1 aliphatic heterocycles. The van der Waals surface area contributed by atoms with E-state index in [2.05, 4.69) is 20.8 Å². The molecule has 0 bridgehead atoms. The highest BCUT2D eigenvalue weighted by Gasteiger charge is 2.57. The van der Waals surface area contributed by atoms with Gasteiger partial charge in [0.2, 0.25) is 6.29 Å². The van der Waals surface area contributed by atoms with E-state index in [-0.39, 0.29) is 11.3 Å². The van der Waals surface area contributed by atoms with Crippen LogP contribution in [0, 0.1) is 22.7 Å². The largest absolute Gasteiger partial charge is 0.472 e. The summed E-state index contributed by atoms with van der Waals surface area (Å²) in [7, 11) is 0. The first-order valence-corrected chi connectivity index (χ1v) is 6.98. The van der Waals surface area contributed by atoms with Crippen LogP contribution in [0.2, 0.25) is 0 Å². The Morgan fingerprint density at radius 1 is 1.29 bits per heavy atom. The van der Waals surface area contributed by atoms with Crippen molar-refractivity contribution in [2.75, 3.05) is 0 Å². The summed E-state index contributed by atoms with van der Waals surface area (Å²) in [5.74, 6) is 0.975.